The van der Waals surface area contributed by atoms with Gasteiger partial charge in [0.2, 0.25) is 0 Å². The number of rotatable bonds is 4. The van der Waals surface area contributed by atoms with E-state index in [0.717, 1.165) is 43.1 Å². The largest absolute Gasteiger partial charge is 0.489 e. The second kappa shape index (κ2) is 6.65. The summed E-state index contributed by atoms with van der Waals surface area (Å²) in [4.78, 5) is 14.6. The van der Waals surface area contributed by atoms with Crippen LogP contribution in [0.5, 0.6) is 5.75 Å². The highest BCUT2D eigenvalue weighted by Gasteiger charge is 2.38. The van der Waals surface area contributed by atoms with Crippen molar-refractivity contribution < 1.29 is 9.53 Å². The molecule has 0 unspecified atom stereocenters. The van der Waals surface area contributed by atoms with Crippen LogP contribution in [0.3, 0.4) is 0 Å². The fourth-order valence-electron chi connectivity index (χ4n) is 3.63. The third kappa shape index (κ3) is 3.15. The molecule has 0 radical (unpaired) electrons. The number of amides is 1. The lowest BCUT2D eigenvalue weighted by Crippen LogP contribution is -2.31. The fourth-order valence-corrected chi connectivity index (χ4v) is 3.63. The highest BCUT2D eigenvalue weighted by atomic mass is 16.5. The molecule has 1 N–H and O–H groups in total. The first-order chi connectivity index (χ1) is 11.8. The highest BCUT2D eigenvalue weighted by Crippen LogP contribution is 2.27. The Morgan fingerprint density at radius 2 is 1.67 bits per heavy atom. The van der Waals surface area contributed by atoms with E-state index in [0.29, 0.717) is 18.4 Å². The molecule has 2 fully saturated rings. The van der Waals surface area contributed by atoms with Crippen molar-refractivity contribution in [3.05, 3.63) is 65.7 Å². The molecule has 2 aliphatic rings. The number of ether oxygens (including phenoxy) is 1. The van der Waals surface area contributed by atoms with E-state index in [1.54, 1.807) is 0 Å². The van der Waals surface area contributed by atoms with Gasteiger partial charge in [-0.1, -0.05) is 30.3 Å². The maximum absolute atomic E-state index is 12.6. The van der Waals surface area contributed by atoms with Crippen LogP contribution in [0.2, 0.25) is 0 Å². The van der Waals surface area contributed by atoms with Crippen LogP contribution in [0.25, 0.3) is 0 Å². The van der Waals surface area contributed by atoms with Gasteiger partial charge in [-0.2, -0.15) is 0 Å². The van der Waals surface area contributed by atoms with Crippen LogP contribution in [0.15, 0.2) is 54.6 Å². The molecule has 2 aromatic rings. The van der Waals surface area contributed by atoms with Crippen LogP contribution in [-0.4, -0.2) is 37.0 Å². The molecule has 2 saturated heterocycles. The predicted molar refractivity (Wildman–Crippen MR) is 93.0 cm³/mol. The molecule has 0 aliphatic carbocycles. The Labute approximate surface area is 142 Å². The molecule has 2 aromatic carbocycles. The van der Waals surface area contributed by atoms with Gasteiger partial charge in [0.25, 0.3) is 5.91 Å². The summed E-state index contributed by atoms with van der Waals surface area (Å²) in [5.41, 5.74) is 1.84. The van der Waals surface area contributed by atoms with E-state index < -0.39 is 0 Å². The zero-order valence-electron chi connectivity index (χ0n) is 13.7. The van der Waals surface area contributed by atoms with Crippen molar-refractivity contribution in [3.63, 3.8) is 0 Å². The summed E-state index contributed by atoms with van der Waals surface area (Å²) in [7, 11) is 0. The minimum absolute atomic E-state index is 0.153. The van der Waals surface area contributed by atoms with Crippen molar-refractivity contribution in [1.29, 1.82) is 0 Å². The quantitative estimate of drug-likeness (QED) is 0.940. The van der Waals surface area contributed by atoms with E-state index >= 15 is 0 Å². The molecule has 24 heavy (non-hydrogen) atoms. The molecule has 2 heterocycles. The Morgan fingerprint density at radius 3 is 2.33 bits per heavy atom. The van der Waals surface area contributed by atoms with Crippen molar-refractivity contribution >= 4 is 5.91 Å². The first-order valence-corrected chi connectivity index (χ1v) is 8.56. The normalized spacial score (nSPS) is 22.4. The third-order valence-corrected chi connectivity index (χ3v) is 5.03. The lowest BCUT2D eigenvalue weighted by molar-refractivity contribution is 0.0781. The third-order valence-electron chi connectivity index (χ3n) is 5.03. The molecule has 4 rings (SSSR count). The second-order valence-electron chi connectivity index (χ2n) is 6.69. The van der Waals surface area contributed by atoms with E-state index in [4.69, 9.17) is 4.74 Å². The first-order valence-electron chi connectivity index (χ1n) is 8.56. The molecule has 4 nitrogen and oxygen atoms in total. The molecule has 1 amide bonds. The molecule has 0 aromatic heterocycles. The van der Waals surface area contributed by atoms with Gasteiger partial charge in [-0.05, 0) is 41.7 Å². The minimum Gasteiger partial charge on any atom is -0.489 e. The van der Waals surface area contributed by atoms with E-state index in [2.05, 4.69) is 5.32 Å². The van der Waals surface area contributed by atoms with Gasteiger partial charge in [-0.25, -0.2) is 0 Å². The Hall–Kier alpha value is -2.33. The maximum atomic E-state index is 12.6. The van der Waals surface area contributed by atoms with Gasteiger partial charge in [0.05, 0.1) is 0 Å². The van der Waals surface area contributed by atoms with Crippen LogP contribution in [0.4, 0.5) is 0 Å². The van der Waals surface area contributed by atoms with Gasteiger partial charge in [0, 0.05) is 31.7 Å². The number of para-hydroxylation sites is 1. The number of carbonyl (C=O) groups excluding carboxylic acids is 1. The van der Waals surface area contributed by atoms with E-state index in [1.807, 2.05) is 59.5 Å². The molecular weight excluding hydrogens is 300 g/mol. The molecular formula is C20H22N2O2. The summed E-state index contributed by atoms with van der Waals surface area (Å²) in [5, 5.41) is 3.41. The molecule has 0 spiro atoms. The van der Waals surface area contributed by atoms with Crippen molar-refractivity contribution in [2.75, 3.05) is 26.2 Å². The summed E-state index contributed by atoms with van der Waals surface area (Å²) in [6, 6.07) is 17.6. The van der Waals surface area contributed by atoms with Crippen molar-refractivity contribution in [2.45, 2.75) is 6.61 Å². The Bertz CT molecular complexity index is 687. The zero-order chi connectivity index (χ0) is 16.4. The molecule has 0 saturated carbocycles. The van der Waals surface area contributed by atoms with Crippen LogP contribution in [0, 0.1) is 11.8 Å². The fraction of sp³-hybridized carbons (Fsp3) is 0.350. The number of fused-ring (bicyclic) bond motifs is 1. The average Bonchev–Trinajstić information content (AvgIpc) is 3.23. The van der Waals surface area contributed by atoms with E-state index in [-0.39, 0.29) is 5.91 Å². The number of benzene rings is 2. The van der Waals surface area contributed by atoms with Crippen molar-refractivity contribution in [1.82, 2.24) is 10.2 Å². The Balaban J connectivity index is 1.36. The summed E-state index contributed by atoms with van der Waals surface area (Å²) in [6.45, 7) is 4.37. The first kappa shape index (κ1) is 15.2. The number of hydrogen-bond acceptors (Lipinski definition) is 3. The van der Waals surface area contributed by atoms with Crippen LogP contribution < -0.4 is 10.1 Å². The summed E-state index contributed by atoms with van der Waals surface area (Å²) < 4.78 is 5.74. The van der Waals surface area contributed by atoms with Crippen LogP contribution in [0.1, 0.15) is 15.9 Å². The lowest BCUT2D eigenvalue weighted by Gasteiger charge is -2.17. The van der Waals surface area contributed by atoms with Crippen LogP contribution in [-0.2, 0) is 6.61 Å². The monoisotopic (exact) mass is 322 g/mol. The summed E-state index contributed by atoms with van der Waals surface area (Å²) in [5.74, 6) is 2.27. The van der Waals surface area contributed by atoms with Gasteiger partial charge < -0.3 is 15.0 Å². The Morgan fingerprint density at radius 1 is 1.00 bits per heavy atom. The second-order valence-corrected chi connectivity index (χ2v) is 6.69. The van der Waals surface area contributed by atoms with Crippen LogP contribution >= 0.6 is 0 Å². The van der Waals surface area contributed by atoms with E-state index in [9.17, 15) is 4.79 Å². The number of hydrogen-bond donors (Lipinski definition) is 1. The van der Waals surface area contributed by atoms with Gasteiger partial charge in [-0.15, -0.1) is 0 Å². The summed E-state index contributed by atoms with van der Waals surface area (Å²) >= 11 is 0. The number of nitrogens with zero attached hydrogens (tertiary/aromatic N) is 1. The number of carbonyl (C=O) groups is 1. The number of nitrogens with one attached hydrogen (secondary N) is 1. The Kier molecular flexibility index (Phi) is 4.22. The molecule has 4 heteroatoms. The SMILES string of the molecule is O=C(c1ccc(COc2ccccc2)cc1)N1C[C@H]2CNC[C@H]2C1. The standard InChI is InChI=1S/C20H22N2O2/c23-20(22-12-17-10-21-11-18(17)13-22)16-8-6-15(7-9-16)14-24-19-4-2-1-3-5-19/h1-9,17-18,21H,10-14H2/t17-,18+. The van der Waals surface area contributed by atoms with E-state index in [1.165, 1.54) is 0 Å². The van der Waals surface area contributed by atoms with Gasteiger partial charge in [0.15, 0.2) is 0 Å². The molecule has 124 valence electrons. The molecule has 0 bridgehead atoms. The van der Waals surface area contributed by atoms with Crippen molar-refractivity contribution in [2.24, 2.45) is 11.8 Å². The summed E-state index contributed by atoms with van der Waals surface area (Å²) in [6.07, 6.45) is 0. The molecule has 2 aliphatic heterocycles. The average molecular weight is 322 g/mol. The zero-order valence-corrected chi connectivity index (χ0v) is 13.7. The molecule has 2 atom stereocenters. The maximum Gasteiger partial charge on any atom is 0.253 e. The van der Waals surface area contributed by atoms with Gasteiger partial charge in [-0.3, -0.25) is 4.79 Å². The van der Waals surface area contributed by atoms with Gasteiger partial charge >= 0.3 is 0 Å². The van der Waals surface area contributed by atoms with Crippen molar-refractivity contribution in [3.8, 4) is 5.75 Å². The topological polar surface area (TPSA) is 41.6 Å². The minimum atomic E-state index is 0.153. The highest BCUT2D eigenvalue weighted by molar-refractivity contribution is 5.94. The smallest absolute Gasteiger partial charge is 0.253 e. The number of likely N-dealkylation sites (tertiary alicyclic amines) is 1. The van der Waals surface area contributed by atoms with Gasteiger partial charge in [0.1, 0.15) is 12.4 Å². The predicted octanol–water partition coefficient (Wildman–Crippen LogP) is 2.56. The lowest BCUT2D eigenvalue weighted by atomic mass is 10.0.